The number of aromatic nitrogens is 3. The van der Waals surface area contributed by atoms with Crippen LogP contribution >= 0.6 is 0 Å². The Hall–Kier alpha value is -3.03. The second-order valence-electron chi connectivity index (χ2n) is 6.03. The summed E-state index contributed by atoms with van der Waals surface area (Å²) in [5.74, 6) is 1.59. The molecule has 26 heavy (non-hydrogen) atoms. The molecule has 8 heteroatoms. The third-order valence-corrected chi connectivity index (χ3v) is 4.39. The van der Waals surface area contributed by atoms with E-state index in [2.05, 4.69) is 22.3 Å². The Bertz CT molecular complexity index is 874. The van der Waals surface area contributed by atoms with Gasteiger partial charge in [-0.25, -0.2) is 9.48 Å². The number of fused-ring (bicyclic) bond motifs is 2. The summed E-state index contributed by atoms with van der Waals surface area (Å²) in [7, 11) is 0. The summed E-state index contributed by atoms with van der Waals surface area (Å²) in [4.78, 5) is 17.1. The normalized spacial score (nSPS) is 17.7. The highest BCUT2D eigenvalue weighted by Crippen LogP contribution is 2.40. The lowest BCUT2D eigenvalue weighted by Crippen LogP contribution is -2.30. The van der Waals surface area contributed by atoms with E-state index in [1.54, 1.807) is 11.6 Å². The van der Waals surface area contributed by atoms with Crippen LogP contribution in [0.1, 0.15) is 38.3 Å². The van der Waals surface area contributed by atoms with Crippen LogP contribution in [0.15, 0.2) is 35.8 Å². The number of carbonyl (C=O) groups is 1. The number of anilines is 1. The highest BCUT2D eigenvalue weighted by Gasteiger charge is 2.36. The second-order valence-corrected chi connectivity index (χ2v) is 6.03. The van der Waals surface area contributed by atoms with Crippen LogP contribution in [-0.4, -0.2) is 34.1 Å². The van der Waals surface area contributed by atoms with Crippen molar-refractivity contribution in [2.24, 2.45) is 0 Å². The number of esters is 1. The third-order valence-electron chi connectivity index (χ3n) is 4.39. The zero-order valence-corrected chi connectivity index (χ0v) is 14.7. The molecule has 136 valence electrons. The first-order valence-electron chi connectivity index (χ1n) is 8.69. The molecule has 0 saturated carbocycles. The summed E-state index contributed by atoms with van der Waals surface area (Å²) in [6.45, 7) is 4.36. The van der Waals surface area contributed by atoms with E-state index in [0.717, 1.165) is 17.7 Å². The van der Waals surface area contributed by atoms with Crippen molar-refractivity contribution < 1.29 is 19.0 Å². The molecular weight excluding hydrogens is 336 g/mol. The molecule has 0 unspecified atom stereocenters. The number of allylic oxidation sites excluding steroid dienone is 1. The highest BCUT2D eigenvalue weighted by molar-refractivity contribution is 5.92. The lowest BCUT2D eigenvalue weighted by atomic mass is 9.93. The van der Waals surface area contributed by atoms with E-state index < -0.39 is 6.04 Å². The van der Waals surface area contributed by atoms with E-state index in [0.29, 0.717) is 36.0 Å². The zero-order valence-electron chi connectivity index (χ0n) is 14.7. The Balaban J connectivity index is 1.86. The molecule has 2 aliphatic heterocycles. The topological polar surface area (TPSA) is 87.5 Å². The number of hydrogen-bond donors (Lipinski definition) is 1. The molecule has 1 aromatic heterocycles. The van der Waals surface area contributed by atoms with Crippen molar-refractivity contribution in [3.8, 4) is 11.5 Å². The molecule has 0 saturated heterocycles. The van der Waals surface area contributed by atoms with Crippen LogP contribution in [0.3, 0.4) is 0 Å². The van der Waals surface area contributed by atoms with Gasteiger partial charge in [0.25, 0.3) is 0 Å². The average Bonchev–Trinajstić information content (AvgIpc) is 3.29. The van der Waals surface area contributed by atoms with Gasteiger partial charge in [0.1, 0.15) is 12.4 Å². The number of ether oxygens (including phenoxy) is 3. The molecule has 2 aliphatic rings. The molecule has 4 rings (SSSR count). The smallest absolute Gasteiger partial charge is 0.338 e. The quantitative estimate of drug-likeness (QED) is 0.824. The molecule has 0 aliphatic carbocycles. The molecule has 1 aromatic carbocycles. The molecule has 0 bridgehead atoms. The lowest BCUT2D eigenvalue weighted by molar-refractivity contribution is -0.139. The second kappa shape index (κ2) is 6.70. The molecule has 0 spiro atoms. The van der Waals surface area contributed by atoms with Crippen LogP contribution in [0.5, 0.6) is 11.5 Å². The number of nitrogens with one attached hydrogen (secondary N) is 1. The maximum absolute atomic E-state index is 12.8. The van der Waals surface area contributed by atoms with Crippen molar-refractivity contribution in [3.63, 3.8) is 0 Å². The molecule has 0 amide bonds. The summed E-state index contributed by atoms with van der Waals surface area (Å²) in [6, 6.07) is 5.20. The number of carbonyl (C=O) groups excluding carboxylic acids is 1. The number of benzene rings is 1. The van der Waals surface area contributed by atoms with Gasteiger partial charge in [0.05, 0.1) is 12.2 Å². The fraction of sp³-hybridized carbons (Fsp3) is 0.389. The fourth-order valence-corrected chi connectivity index (χ4v) is 3.30. The van der Waals surface area contributed by atoms with Crippen molar-refractivity contribution in [1.29, 1.82) is 0 Å². The molecule has 8 nitrogen and oxygen atoms in total. The van der Waals surface area contributed by atoms with Gasteiger partial charge in [-0.15, -0.1) is 0 Å². The third kappa shape index (κ3) is 2.67. The molecule has 0 fully saturated rings. The van der Waals surface area contributed by atoms with Gasteiger partial charge in [-0.2, -0.15) is 10.1 Å². The predicted octanol–water partition coefficient (Wildman–Crippen LogP) is 2.64. The van der Waals surface area contributed by atoms with Gasteiger partial charge in [-0.1, -0.05) is 19.4 Å². The van der Waals surface area contributed by atoms with Crippen LogP contribution in [0, 0.1) is 0 Å². The monoisotopic (exact) mass is 356 g/mol. The standard InChI is InChI=1S/C18H20N4O4/c1-3-5-12-15(17(23)24-4-2)16(22-18(21-12)19-9-20-22)11-6-7-13-14(8-11)26-10-25-13/h6-9,16H,3-5,10H2,1-2H3,(H,19,20,21)/t16-/m0/s1. The largest absolute Gasteiger partial charge is 0.463 e. The van der Waals surface area contributed by atoms with Crippen LogP contribution in [0.4, 0.5) is 5.95 Å². The number of rotatable bonds is 5. The summed E-state index contributed by atoms with van der Waals surface area (Å²) >= 11 is 0. The van der Waals surface area contributed by atoms with Crippen molar-refractivity contribution in [2.45, 2.75) is 32.7 Å². The minimum absolute atomic E-state index is 0.196. The minimum Gasteiger partial charge on any atom is -0.463 e. The Morgan fingerprint density at radius 2 is 2.19 bits per heavy atom. The van der Waals surface area contributed by atoms with E-state index in [-0.39, 0.29) is 12.8 Å². The number of nitrogens with zero attached hydrogens (tertiary/aromatic N) is 3. The first-order chi connectivity index (χ1) is 12.7. The van der Waals surface area contributed by atoms with Gasteiger partial charge >= 0.3 is 5.97 Å². The molecular formula is C18H20N4O4. The SMILES string of the molecule is CCCC1=C(C(=O)OCC)[C@H](c2ccc3c(c2)OCO3)n2ncnc2N1. The van der Waals surface area contributed by atoms with Crippen LogP contribution in [-0.2, 0) is 9.53 Å². The predicted molar refractivity (Wildman–Crippen MR) is 92.9 cm³/mol. The van der Waals surface area contributed by atoms with Gasteiger partial charge in [0, 0.05) is 5.70 Å². The molecule has 1 atom stereocenters. The summed E-state index contributed by atoms with van der Waals surface area (Å²) < 4.78 is 17.9. The van der Waals surface area contributed by atoms with E-state index in [1.807, 2.05) is 18.2 Å². The van der Waals surface area contributed by atoms with Crippen molar-refractivity contribution in [1.82, 2.24) is 14.8 Å². The van der Waals surface area contributed by atoms with E-state index >= 15 is 0 Å². The summed E-state index contributed by atoms with van der Waals surface area (Å²) in [5.41, 5.74) is 2.22. The molecule has 0 radical (unpaired) electrons. The molecule has 3 heterocycles. The van der Waals surface area contributed by atoms with Crippen LogP contribution < -0.4 is 14.8 Å². The minimum atomic E-state index is -0.441. The Labute approximate surface area is 150 Å². The van der Waals surface area contributed by atoms with Gasteiger partial charge < -0.3 is 19.5 Å². The average molecular weight is 356 g/mol. The lowest BCUT2D eigenvalue weighted by Gasteiger charge is -2.29. The summed E-state index contributed by atoms with van der Waals surface area (Å²) in [6.07, 6.45) is 3.06. The first kappa shape index (κ1) is 16.4. The van der Waals surface area contributed by atoms with Crippen LogP contribution in [0.2, 0.25) is 0 Å². The van der Waals surface area contributed by atoms with Crippen LogP contribution in [0.25, 0.3) is 0 Å². The highest BCUT2D eigenvalue weighted by atomic mass is 16.7. The van der Waals surface area contributed by atoms with Gasteiger partial charge in [0.15, 0.2) is 11.5 Å². The first-order valence-corrected chi connectivity index (χ1v) is 8.69. The Kier molecular flexibility index (Phi) is 4.24. The Morgan fingerprint density at radius 1 is 1.35 bits per heavy atom. The molecule has 2 aromatic rings. The van der Waals surface area contributed by atoms with Gasteiger partial charge in [-0.05, 0) is 31.0 Å². The van der Waals surface area contributed by atoms with Gasteiger partial charge in [0.2, 0.25) is 12.7 Å². The Morgan fingerprint density at radius 3 is 3.00 bits per heavy atom. The summed E-state index contributed by atoms with van der Waals surface area (Å²) in [5, 5.41) is 7.56. The van der Waals surface area contributed by atoms with Crippen molar-refractivity contribution >= 4 is 11.9 Å². The van der Waals surface area contributed by atoms with E-state index in [1.165, 1.54) is 6.33 Å². The fourth-order valence-electron chi connectivity index (χ4n) is 3.30. The zero-order chi connectivity index (χ0) is 18.1. The van der Waals surface area contributed by atoms with E-state index in [4.69, 9.17) is 14.2 Å². The van der Waals surface area contributed by atoms with Crippen molar-refractivity contribution in [2.75, 3.05) is 18.7 Å². The van der Waals surface area contributed by atoms with Crippen molar-refractivity contribution in [3.05, 3.63) is 41.4 Å². The maximum Gasteiger partial charge on any atom is 0.338 e. The molecule has 1 N–H and O–H groups in total. The maximum atomic E-state index is 12.8. The number of hydrogen-bond acceptors (Lipinski definition) is 7. The van der Waals surface area contributed by atoms with E-state index in [9.17, 15) is 4.79 Å². The van der Waals surface area contributed by atoms with Gasteiger partial charge in [-0.3, -0.25) is 0 Å².